The van der Waals surface area contributed by atoms with Crippen molar-refractivity contribution in [3.8, 4) is 0 Å². The second-order valence-electron chi connectivity index (χ2n) is 3.43. The van der Waals surface area contributed by atoms with Gasteiger partial charge in [-0.1, -0.05) is 36.2 Å². The standard InChI is InChI=1S/C11H15Cl2NO/c1-2-9(14)7-15-6-8-3-4-10(12)11(13)5-8/h3-5,9H,2,6-7,14H2,1H3/t9-/m0/s1. The molecule has 0 radical (unpaired) electrons. The lowest BCUT2D eigenvalue weighted by Gasteiger charge is -2.09. The van der Waals surface area contributed by atoms with Crippen LogP contribution in [0, 0.1) is 0 Å². The predicted octanol–water partition coefficient (Wildman–Crippen LogP) is 3.25. The highest BCUT2D eigenvalue weighted by Crippen LogP contribution is 2.22. The Bertz CT molecular complexity index is 317. The normalized spacial score (nSPS) is 12.8. The number of ether oxygens (including phenoxy) is 1. The fraction of sp³-hybridized carbons (Fsp3) is 0.455. The van der Waals surface area contributed by atoms with Crippen molar-refractivity contribution in [1.29, 1.82) is 0 Å². The quantitative estimate of drug-likeness (QED) is 0.868. The third-order valence-electron chi connectivity index (χ3n) is 2.11. The molecule has 4 heteroatoms. The Hall–Kier alpha value is -0.280. The summed E-state index contributed by atoms with van der Waals surface area (Å²) < 4.78 is 5.44. The van der Waals surface area contributed by atoms with Crippen LogP contribution in [0.5, 0.6) is 0 Å². The van der Waals surface area contributed by atoms with E-state index in [1.807, 2.05) is 13.0 Å². The van der Waals surface area contributed by atoms with Crippen LogP contribution in [0.2, 0.25) is 10.0 Å². The van der Waals surface area contributed by atoms with Gasteiger partial charge in [0.2, 0.25) is 0 Å². The summed E-state index contributed by atoms with van der Waals surface area (Å²) >= 11 is 11.7. The van der Waals surface area contributed by atoms with Crippen LogP contribution in [-0.2, 0) is 11.3 Å². The molecular weight excluding hydrogens is 233 g/mol. The van der Waals surface area contributed by atoms with E-state index in [0.29, 0.717) is 23.3 Å². The number of rotatable bonds is 5. The summed E-state index contributed by atoms with van der Waals surface area (Å²) in [5, 5.41) is 1.11. The van der Waals surface area contributed by atoms with E-state index in [9.17, 15) is 0 Å². The molecule has 1 aromatic carbocycles. The van der Waals surface area contributed by atoms with Crippen LogP contribution in [-0.4, -0.2) is 12.6 Å². The van der Waals surface area contributed by atoms with Crippen LogP contribution < -0.4 is 5.73 Å². The van der Waals surface area contributed by atoms with Gasteiger partial charge < -0.3 is 10.5 Å². The first-order valence-corrected chi connectivity index (χ1v) is 5.66. The SMILES string of the molecule is CC[C@H](N)COCc1ccc(Cl)c(Cl)c1. The molecule has 84 valence electrons. The molecule has 0 aliphatic rings. The van der Waals surface area contributed by atoms with Crippen molar-refractivity contribution in [2.45, 2.75) is 26.0 Å². The van der Waals surface area contributed by atoms with Crippen LogP contribution in [0.4, 0.5) is 0 Å². The van der Waals surface area contributed by atoms with Crippen LogP contribution >= 0.6 is 23.2 Å². The lowest BCUT2D eigenvalue weighted by molar-refractivity contribution is 0.107. The van der Waals surface area contributed by atoms with E-state index in [2.05, 4.69) is 0 Å². The Morgan fingerprint density at radius 1 is 1.33 bits per heavy atom. The van der Waals surface area contributed by atoms with Gasteiger partial charge in [0, 0.05) is 6.04 Å². The van der Waals surface area contributed by atoms with Gasteiger partial charge in [-0.05, 0) is 24.1 Å². The van der Waals surface area contributed by atoms with E-state index >= 15 is 0 Å². The lowest BCUT2D eigenvalue weighted by Crippen LogP contribution is -2.24. The van der Waals surface area contributed by atoms with Crippen LogP contribution in [0.3, 0.4) is 0 Å². The highest BCUT2D eigenvalue weighted by atomic mass is 35.5. The second-order valence-corrected chi connectivity index (χ2v) is 4.25. The molecular formula is C11H15Cl2NO. The van der Waals surface area contributed by atoms with Crippen molar-refractivity contribution in [1.82, 2.24) is 0 Å². The molecule has 0 aliphatic carbocycles. The van der Waals surface area contributed by atoms with E-state index in [-0.39, 0.29) is 6.04 Å². The molecule has 0 saturated heterocycles. The Labute approximate surface area is 100 Å². The van der Waals surface area contributed by atoms with Gasteiger partial charge >= 0.3 is 0 Å². The first-order valence-electron chi connectivity index (χ1n) is 4.90. The van der Waals surface area contributed by atoms with Gasteiger partial charge in [0.15, 0.2) is 0 Å². The average molecular weight is 248 g/mol. The monoisotopic (exact) mass is 247 g/mol. The van der Waals surface area contributed by atoms with E-state index in [1.54, 1.807) is 12.1 Å². The molecule has 2 nitrogen and oxygen atoms in total. The van der Waals surface area contributed by atoms with Gasteiger partial charge in [-0.3, -0.25) is 0 Å². The molecule has 0 fully saturated rings. The van der Waals surface area contributed by atoms with E-state index in [0.717, 1.165) is 12.0 Å². The molecule has 2 N–H and O–H groups in total. The van der Waals surface area contributed by atoms with Gasteiger partial charge in [0.25, 0.3) is 0 Å². The van der Waals surface area contributed by atoms with Crippen molar-refractivity contribution < 1.29 is 4.74 Å². The zero-order valence-corrected chi connectivity index (χ0v) is 10.2. The maximum absolute atomic E-state index is 5.87. The number of nitrogens with two attached hydrogens (primary N) is 1. The van der Waals surface area contributed by atoms with Crippen molar-refractivity contribution in [3.63, 3.8) is 0 Å². The lowest BCUT2D eigenvalue weighted by atomic mass is 10.2. The molecule has 1 rings (SSSR count). The third-order valence-corrected chi connectivity index (χ3v) is 2.85. The summed E-state index contributed by atoms with van der Waals surface area (Å²) in [5.41, 5.74) is 6.73. The number of benzene rings is 1. The van der Waals surface area contributed by atoms with Gasteiger partial charge in [-0.15, -0.1) is 0 Å². The zero-order chi connectivity index (χ0) is 11.3. The minimum absolute atomic E-state index is 0.104. The molecule has 0 heterocycles. The van der Waals surface area contributed by atoms with Crippen molar-refractivity contribution in [2.75, 3.05) is 6.61 Å². The van der Waals surface area contributed by atoms with Crippen LogP contribution in [0.1, 0.15) is 18.9 Å². The molecule has 15 heavy (non-hydrogen) atoms. The minimum Gasteiger partial charge on any atom is -0.375 e. The van der Waals surface area contributed by atoms with E-state index < -0.39 is 0 Å². The fourth-order valence-corrected chi connectivity index (χ4v) is 1.40. The van der Waals surface area contributed by atoms with E-state index in [1.165, 1.54) is 0 Å². The summed E-state index contributed by atoms with van der Waals surface area (Å²) in [6.45, 7) is 3.12. The van der Waals surface area contributed by atoms with Crippen LogP contribution in [0.15, 0.2) is 18.2 Å². The highest BCUT2D eigenvalue weighted by molar-refractivity contribution is 6.41. The molecule has 0 spiro atoms. The fourth-order valence-electron chi connectivity index (χ4n) is 1.08. The maximum atomic E-state index is 5.87. The summed E-state index contributed by atoms with van der Waals surface area (Å²) in [4.78, 5) is 0. The first-order chi connectivity index (χ1) is 7.13. The summed E-state index contributed by atoms with van der Waals surface area (Å²) in [6, 6.07) is 5.57. The maximum Gasteiger partial charge on any atom is 0.0718 e. The zero-order valence-electron chi connectivity index (χ0n) is 8.67. The summed E-state index contributed by atoms with van der Waals surface area (Å²) in [7, 11) is 0. The molecule has 0 saturated carbocycles. The second kappa shape index (κ2) is 6.33. The van der Waals surface area contributed by atoms with Gasteiger partial charge in [-0.25, -0.2) is 0 Å². The smallest absolute Gasteiger partial charge is 0.0718 e. The molecule has 0 unspecified atom stereocenters. The topological polar surface area (TPSA) is 35.2 Å². The predicted molar refractivity (Wildman–Crippen MR) is 64.4 cm³/mol. The third kappa shape index (κ3) is 4.39. The molecule has 0 amide bonds. The molecule has 1 atom stereocenters. The molecule has 0 aliphatic heterocycles. The van der Waals surface area contributed by atoms with Crippen LogP contribution in [0.25, 0.3) is 0 Å². The van der Waals surface area contributed by atoms with Gasteiger partial charge in [0.05, 0.1) is 23.3 Å². The number of hydrogen-bond acceptors (Lipinski definition) is 2. The Balaban J connectivity index is 2.41. The van der Waals surface area contributed by atoms with Crippen molar-refractivity contribution in [2.24, 2.45) is 5.73 Å². The summed E-state index contributed by atoms with van der Waals surface area (Å²) in [6.07, 6.45) is 0.918. The molecule has 0 bridgehead atoms. The Morgan fingerprint density at radius 2 is 2.07 bits per heavy atom. The summed E-state index contributed by atoms with van der Waals surface area (Å²) in [5.74, 6) is 0. The first kappa shape index (κ1) is 12.8. The van der Waals surface area contributed by atoms with E-state index in [4.69, 9.17) is 33.7 Å². The Morgan fingerprint density at radius 3 is 2.67 bits per heavy atom. The highest BCUT2D eigenvalue weighted by Gasteiger charge is 2.01. The average Bonchev–Trinajstić information content (AvgIpc) is 2.23. The molecule has 1 aromatic rings. The van der Waals surface area contributed by atoms with Crippen molar-refractivity contribution in [3.05, 3.63) is 33.8 Å². The minimum atomic E-state index is 0.104. The molecule has 0 aromatic heterocycles. The Kier molecular flexibility index (Phi) is 5.40. The van der Waals surface area contributed by atoms with Gasteiger partial charge in [0.1, 0.15) is 0 Å². The largest absolute Gasteiger partial charge is 0.375 e. The number of halogens is 2. The van der Waals surface area contributed by atoms with Gasteiger partial charge in [-0.2, -0.15) is 0 Å². The number of hydrogen-bond donors (Lipinski definition) is 1. The van der Waals surface area contributed by atoms with Crippen molar-refractivity contribution >= 4 is 23.2 Å².